The number of imide groups is 1. The number of benzene rings is 2. The number of urea groups is 1. The zero-order valence-corrected chi connectivity index (χ0v) is 15.8. The Kier molecular flexibility index (Phi) is 6.85. The van der Waals surface area contributed by atoms with E-state index in [1.807, 2.05) is 0 Å². The lowest BCUT2D eigenvalue weighted by atomic mass is 10.2. The number of alkyl halides is 4. The van der Waals surface area contributed by atoms with Crippen LogP contribution in [0.15, 0.2) is 41.3 Å². The van der Waals surface area contributed by atoms with E-state index in [9.17, 15) is 44.5 Å². The highest BCUT2D eigenvalue weighted by Gasteiger charge is 2.38. The first-order chi connectivity index (χ1) is 13.9. The van der Waals surface area contributed by atoms with Gasteiger partial charge in [0.25, 0.3) is 17.4 Å². The summed E-state index contributed by atoms with van der Waals surface area (Å²) in [6, 6.07) is 2.43. The Bertz CT molecular complexity index is 1000. The molecule has 0 aliphatic rings. The predicted molar refractivity (Wildman–Crippen MR) is 93.8 cm³/mol. The van der Waals surface area contributed by atoms with Crippen molar-refractivity contribution in [2.45, 2.75) is 16.4 Å². The third kappa shape index (κ3) is 4.30. The van der Waals surface area contributed by atoms with Crippen LogP contribution >= 0.6 is 0 Å². The number of nitrogens with one attached hydrogen (secondary N) is 1. The van der Waals surface area contributed by atoms with Gasteiger partial charge in [-0.15, -0.1) is 0 Å². The van der Waals surface area contributed by atoms with E-state index in [1.54, 1.807) is 5.32 Å². The van der Waals surface area contributed by atoms with Gasteiger partial charge in [-0.1, -0.05) is 6.07 Å². The van der Waals surface area contributed by atoms with E-state index in [1.165, 1.54) is 0 Å². The average Bonchev–Trinajstić information content (AvgIpc) is 2.66. The average molecular weight is 458 g/mol. The standard InChI is InChI=1S/C17H13F7N2O3S/c1-26(17(28)25-14(27)13-9(18)3-2-4-10(13)19)12-6-5-8(7-11(12)20)30(29,15(21)22)16(23)24/h2-7,15-16,30H,1H3,(H,25,27,28). The predicted octanol–water partition coefficient (Wildman–Crippen LogP) is 3.91. The number of hydrogen-bond donors (Lipinski definition) is 2. The molecule has 0 saturated heterocycles. The lowest BCUT2D eigenvalue weighted by Crippen LogP contribution is -2.41. The number of carbonyl (C=O) groups excluding carboxylic acids is 2. The number of anilines is 1. The molecule has 1 N–H and O–H groups in total. The van der Waals surface area contributed by atoms with Crippen molar-refractivity contribution in [1.29, 1.82) is 0 Å². The SMILES string of the molecule is CN(C(=O)NC(=O)c1c(F)cccc1F)c1ccc([SH](=O)(C(F)F)C(F)F)cc1F. The summed E-state index contributed by atoms with van der Waals surface area (Å²) in [6.45, 7) is 0. The summed E-state index contributed by atoms with van der Waals surface area (Å²) in [7, 11) is -4.65. The Labute approximate surface area is 165 Å². The molecule has 13 heteroatoms. The zero-order chi connectivity index (χ0) is 22.8. The van der Waals surface area contributed by atoms with Gasteiger partial charge < -0.3 is 0 Å². The van der Waals surface area contributed by atoms with Gasteiger partial charge in [0, 0.05) is 21.9 Å². The van der Waals surface area contributed by atoms with Crippen molar-refractivity contribution >= 4 is 27.6 Å². The fourth-order valence-electron chi connectivity index (χ4n) is 2.36. The third-order valence-electron chi connectivity index (χ3n) is 3.99. The van der Waals surface area contributed by atoms with Crippen LogP contribution in [0.3, 0.4) is 0 Å². The smallest absolute Gasteiger partial charge is 0.294 e. The fraction of sp³-hybridized carbons (Fsp3) is 0.176. The first-order valence-corrected chi connectivity index (χ1v) is 9.74. The van der Waals surface area contributed by atoms with Crippen molar-refractivity contribution in [2.24, 2.45) is 0 Å². The summed E-state index contributed by atoms with van der Waals surface area (Å²) >= 11 is 0. The maximum absolute atomic E-state index is 14.3. The Morgan fingerprint density at radius 3 is 1.93 bits per heavy atom. The number of carbonyl (C=O) groups is 2. The molecule has 0 atom stereocenters. The van der Waals surface area contributed by atoms with Gasteiger partial charge in [-0.3, -0.25) is 19.2 Å². The van der Waals surface area contributed by atoms with Crippen molar-refractivity contribution in [3.63, 3.8) is 0 Å². The van der Waals surface area contributed by atoms with Gasteiger partial charge in [-0.25, -0.2) is 18.0 Å². The molecule has 0 radical (unpaired) electrons. The molecule has 0 heterocycles. The van der Waals surface area contributed by atoms with Crippen molar-refractivity contribution in [3.05, 3.63) is 59.4 Å². The van der Waals surface area contributed by atoms with E-state index >= 15 is 0 Å². The zero-order valence-electron chi connectivity index (χ0n) is 14.9. The molecule has 2 rings (SSSR count). The van der Waals surface area contributed by atoms with Crippen LogP contribution in [-0.4, -0.2) is 34.7 Å². The van der Waals surface area contributed by atoms with E-state index in [2.05, 4.69) is 0 Å². The van der Waals surface area contributed by atoms with Gasteiger partial charge in [-0.2, -0.15) is 17.6 Å². The second-order valence-corrected chi connectivity index (χ2v) is 8.53. The number of amides is 3. The Balaban J connectivity index is 2.29. The molecule has 2 aromatic carbocycles. The van der Waals surface area contributed by atoms with Crippen molar-refractivity contribution in [2.75, 3.05) is 11.9 Å². The van der Waals surface area contributed by atoms with Gasteiger partial charge in [-0.05, 0) is 30.3 Å². The maximum Gasteiger partial charge on any atom is 0.328 e. The van der Waals surface area contributed by atoms with E-state index in [-0.39, 0.29) is 6.07 Å². The molecule has 0 aromatic heterocycles. The topological polar surface area (TPSA) is 66.5 Å². The highest BCUT2D eigenvalue weighted by molar-refractivity contribution is 8.03. The summed E-state index contributed by atoms with van der Waals surface area (Å²) in [5.74, 6) is -13.4. The summed E-state index contributed by atoms with van der Waals surface area (Å²) in [4.78, 5) is 23.3. The molecule has 0 spiro atoms. The molecular weight excluding hydrogens is 445 g/mol. The van der Waals surface area contributed by atoms with E-state index in [4.69, 9.17) is 0 Å². The Hall–Kier alpha value is -2.96. The molecule has 3 amide bonds. The molecule has 0 saturated carbocycles. The Morgan fingerprint density at radius 2 is 1.47 bits per heavy atom. The van der Waals surface area contributed by atoms with Crippen LogP contribution in [0.2, 0.25) is 0 Å². The highest BCUT2D eigenvalue weighted by Crippen LogP contribution is 2.34. The molecule has 0 aliphatic carbocycles. The van der Waals surface area contributed by atoms with Gasteiger partial charge >= 0.3 is 6.03 Å². The van der Waals surface area contributed by atoms with E-state index in [0.29, 0.717) is 17.0 Å². The molecule has 164 valence electrons. The van der Waals surface area contributed by atoms with Gasteiger partial charge in [0.15, 0.2) is 0 Å². The van der Waals surface area contributed by atoms with Crippen molar-refractivity contribution < 1.29 is 44.5 Å². The minimum Gasteiger partial charge on any atom is -0.294 e. The number of thiol groups is 1. The lowest BCUT2D eigenvalue weighted by molar-refractivity contribution is 0.0957. The van der Waals surface area contributed by atoms with Crippen LogP contribution in [0.5, 0.6) is 0 Å². The second-order valence-electron chi connectivity index (χ2n) is 5.82. The molecule has 5 nitrogen and oxygen atoms in total. The first-order valence-electron chi connectivity index (χ1n) is 7.90. The van der Waals surface area contributed by atoms with Gasteiger partial charge in [0.05, 0.1) is 5.69 Å². The van der Waals surface area contributed by atoms with Crippen LogP contribution in [0.4, 0.5) is 41.2 Å². The van der Waals surface area contributed by atoms with E-state index in [0.717, 1.165) is 25.2 Å². The molecule has 0 unspecified atom stereocenters. The summed E-state index contributed by atoms with van der Waals surface area (Å²) in [5, 5.41) is 1.59. The molecule has 0 fully saturated rings. The summed E-state index contributed by atoms with van der Waals surface area (Å²) in [5.41, 5.74) is -1.75. The summed E-state index contributed by atoms with van der Waals surface area (Å²) < 4.78 is 105. The third-order valence-corrected chi connectivity index (χ3v) is 6.24. The Morgan fingerprint density at radius 1 is 0.933 bits per heavy atom. The fourth-order valence-corrected chi connectivity index (χ4v) is 3.61. The van der Waals surface area contributed by atoms with Crippen LogP contribution in [0, 0.1) is 17.5 Å². The van der Waals surface area contributed by atoms with Crippen LogP contribution in [0.1, 0.15) is 10.4 Å². The number of rotatable bonds is 5. The quantitative estimate of drug-likeness (QED) is 0.528. The van der Waals surface area contributed by atoms with Crippen LogP contribution in [0.25, 0.3) is 0 Å². The molecule has 2 aromatic rings. The summed E-state index contributed by atoms with van der Waals surface area (Å²) in [6.07, 6.45) is 0. The van der Waals surface area contributed by atoms with Gasteiger partial charge in [0.2, 0.25) is 0 Å². The molecular formula is C17H13F7N2O3S. The minimum atomic E-state index is -5.55. The second kappa shape index (κ2) is 8.81. The lowest BCUT2D eigenvalue weighted by Gasteiger charge is -2.24. The van der Waals surface area contributed by atoms with Crippen LogP contribution < -0.4 is 10.2 Å². The molecule has 30 heavy (non-hydrogen) atoms. The minimum absolute atomic E-state index is 0.163. The maximum atomic E-state index is 14.3. The van der Waals surface area contributed by atoms with Crippen molar-refractivity contribution in [3.8, 4) is 0 Å². The molecule has 0 aliphatic heterocycles. The number of halogens is 7. The monoisotopic (exact) mass is 458 g/mol. The normalized spacial score (nSPS) is 12.2. The van der Waals surface area contributed by atoms with Gasteiger partial charge in [0.1, 0.15) is 23.0 Å². The largest absolute Gasteiger partial charge is 0.328 e. The molecule has 0 bridgehead atoms. The first kappa shape index (κ1) is 23.3. The van der Waals surface area contributed by atoms with Crippen LogP contribution in [-0.2, 0) is 9.93 Å². The van der Waals surface area contributed by atoms with Crippen molar-refractivity contribution in [1.82, 2.24) is 5.32 Å². The number of nitrogens with zero attached hydrogens (tertiary/aromatic N) is 1. The number of hydrogen-bond acceptors (Lipinski definition) is 3. The highest BCUT2D eigenvalue weighted by atomic mass is 32.2. The van der Waals surface area contributed by atoms with E-state index < -0.39 is 67.0 Å².